The van der Waals surface area contributed by atoms with Crippen molar-refractivity contribution in [3.63, 3.8) is 0 Å². The second-order valence-electron chi connectivity index (χ2n) is 4.60. The Morgan fingerprint density at radius 3 is 2.62 bits per heavy atom. The maximum absolute atomic E-state index is 12.2. The standard InChI is InChI=1S/C11H20N2O2S/c1-7(2)13(5-10(12)16)11(14)9-4-8(3)15-6-9/h7-9H,4-6H2,1-3H3,(H2,12,16). The van der Waals surface area contributed by atoms with Crippen molar-refractivity contribution < 1.29 is 9.53 Å². The Morgan fingerprint density at radius 1 is 1.62 bits per heavy atom. The predicted molar refractivity (Wildman–Crippen MR) is 67.2 cm³/mol. The highest BCUT2D eigenvalue weighted by molar-refractivity contribution is 7.80. The van der Waals surface area contributed by atoms with Gasteiger partial charge in [0.1, 0.15) is 0 Å². The maximum atomic E-state index is 12.2. The molecule has 5 heteroatoms. The van der Waals surface area contributed by atoms with Crippen LogP contribution in [0.4, 0.5) is 0 Å². The minimum Gasteiger partial charge on any atom is -0.392 e. The van der Waals surface area contributed by atoms with Crippen LogP contribution in [-0.4, -0.2) is 41.1 Å². The molecule has 0 bridgehead atoms. The van der Waals surface area contributed by atoms with Crippen molar-refractivity contribution in [2.24, 2.45) is 11.7 Å². The molecule has 1 aliphatic rings. The molecule has 0 radical (unpaired) electrons. The normalized spacial score (nSPS) is 24.8. The van der Waals surface area contributed by atoms with Gasteiger partial charge in [-0.15, -0.1) is 0 Å². The van der Waals surface area contributed by atoms with E-state index in [4.69, 9.17) is 22.7 Å². The van der Waals surface area contributed by atoms with Gasteiger partial charge in [0.05, 0.1) is 30.2 Å². The van der Waals surface area contributed by atoms with Gasteiger partial charge in [0.2, 0.25) is 5.91 Å². The van der Waals surface area contributed by atoms with Gasteiger partial charge >= 0.3 is 0 Å². The fourth-order valence-corrected chi connectivity index (χ4v) is 2.05. The van der Waals surface area contributed by atoms with E-state index >= 15 is 0 Å². The van der Waals surface area contributed by atoms with Crippen LogP contribution in [0, 0.1) is 5.92 Å². The SMILES string of the molecule is CC1CC(C(=O)N(CC(N)=S)C(C)C)CO1. The topological polar surface area (TPSA) is 55.6 Å². The van der Waals surface area contributed by atoms with E-state index in [1.807, 2.05) is 20.8 Å². The predicted octanol–water partition coefficient (Wildman–Crippen LogP) is 0.934. The molecule has 1 heterocycles. The summed E-state index contributed by atoms with van der Waals surface area (Å²) in [5.74, 6) is 0.0684. The lowest BCUT2D eigenvalue weighted by molar-refractivity contribution is -0.136. The number of thiocarbonyl (C=S) groups is 1. The molecule has 0 saturated carbocycles. The third-order valence-electron chi connectivity index (χ3n) is 2.78. The van der Waals surface area contributed by atoms with Crippen molar-refractivity contribution >= 4 is 23.1 Å². The zero-order chi connectivity index (χ0) is 12.3. The summed E-state index contributed by atoms with van der Waals surface area (Å²) < 4.78 is 5.41. The van der Waals surface area contributed by atoms with E-state index < -0.39 is 0 Å². The quantitative estimate of drug-likeness (QED) is 0.748. The molecule has 2 N–H and O–H groups in total. The molecule has 2 atom stereocenters. The largest absolute Gasteiger partial charge is 0.392 e. The van der Waals surface area contributed by atoms with Gasteiger partial charge in [-0.25, -0.2) is 0 Å². The minimum absolute atomic E-state index is 0.0354. The molecule has 0 spiro atoms. The second kappa shape index (κ2) is 5.59. The van der Waals surface area contributed by atoms with Crippen molar-refractivity contribution in [1.82, 2.24) is 4.90 Å². The van der Waals surface area contributed by atoms with Gasteiger partial charge in [0, 0.05) is 6.04 Å². The summed E-state index contributed by atoms with van der Waals surface area (Å²) in [6.07, 6.45) is 0.965. The van der Waals surface area contributed by atoms with Crippen molar-refractivity contribution in [3.8, 4) is 0 Å². The number of hydrogen-bond donors (Lipinski definition) is 1. The number of hydrogen-bond acceptors (Lipinski definition) is 3. The molecule has 1 saturated heterocycles. The Hall–Kier alpha value is -0.680. The van der Waals surface area contributed by atoms with Gasteiger partial charge in [0.15, 0.2) is 0 Å². The number of amides is 1. The molecule has 0 aromatic carbocycles. The van der Waals surface area contributed by atoms with E-state index in [2.05, 4.69) is 0 Å². The Kier molecular flexibility index (Phi) is 4.68. The maximum Gasteiger partial charge on any atom is 0.228 e. The van der Waals surface area contributed by atoms with Crippen LogP contribution in [-0.2, 0) is 9.53 Å². The summed E-state index contributed by atoms with van der Waals surface area (Å²) >= 11 is 4.86. The van der Waals surface area contributed by atoms with Crippen LogP contribution in [0.2, 0.25) is 0 Å². The van der Waals surface area contributed by atoms with Crippen LogP contribution >= 0.6 is 12.2 Å². The third kappa shape index (κ3) is 3.42. The number of nitrogens with two attached hydrogens (primary N) is 1. The van der Waals surface area contributed by atoms with Crippen LogP contribution < -0.4 is 5.73 Å². The molecule has 1 fully saturated rings. The molecule has 16 heavy (non-hydrogen) atoms. The van der Waals surface area contributed by atoms with Gasteiger partial charge in [-0.05, 0) is 27.2 Å². The lowest BCUT2D eigenvalue weighted by atomic mass is 10.0. The summed E-state index contributed by atoms with van der Waals surface area (Å²) in [7, 11) is 0. The molecule has 1 rings (SSSR count). The van der Waals surface area contributed by atoms with Gasteiger partial charge in [-0.2, -0.15) is 0 Å². The van der Waals surface area contributed by atoms with Gasteiger partial charge in [0.25, 0.3) is 0 Å². The Morgan fingerprint density at radius 2 is 2.25 bits per heavy atom. The first-order chi connectivity index (χ1) is 7.41. The smallest absolute Gasteiger partial charge is 0.228 e. The fourth-order valence-electron chi connectivity index (χ4n) is 1.91. The van der Waals surface area contributed by atoms with E-state index in [0.29, 0.717) is 18.1 Å². The lowest BCUT2D eigenvalue weighted by Crippen LogP contribution is -2.45. The highest BCUT2D eigenvalue weighted by Gasteiger charge is 2.32. The molecular weight excluding hydrogens is 224 g/mol. The van der Waals surface area contributed by atoms with E-state index in [9.17, 15) is 4.79 Å². The van der Waals surface area contributed by atoms with Crippen LogP contribution in [0.5, 0.6) is 0 Å². The van der Waals surface area contributed by atoms with Crippen molar-refractivity contribution in [3.05, 3.63) is 0 Å². The number of carbonyl (C=O) groups is 1. The first-order valence-electron chi connectivity index (χ1n) is 5.62. The Balaban J connectivity index is 2.63. The van der Waals surface area contributed by atoms with Gasteiger partial charge in [-0.1, -0.05) is 12.2 Å². The summed E-state index contributed by atoms with van der Waals surface area (Å²) in [6, 6.07) is 0.116. The average molecular weight is 244 g/mol. The van der Waals surface area contributed by atoms with Gasteiger partial charge in [-0.3, -0.25) is 4.79 Å². The van der Waals surface area contributed by atoms with E-state index in [0.717, 1.165) is 6.42 Å². The molecule has 92 valence electrons. The zero-order valence-electron chi connectivity index (χ0n) is 10.1. The Labute approximate surface area is 102 Å². The van der Waals surface area contributed by atoms with E-state index in [-0.39, 0.29) is 24.0 Å². The number of ether oxygens (including phenoxy) is 1. The fraction of sp³-hybridized carbons (Fsp3) is 0.818. The summed E-state index contributed by atoms with van der Waals surface area (Å²) in [6.45, 7) is 6.79. The second-order valence-corrected chi connectivity index (χ2v) is 5.13. The summed E-state index contributed by atoms with van der Waals surface area (Å²) in [5.41, 5.74) is 5.50. The molecule has 0 aromatic rings. The first-order valence-corrected chi connectivity index (χ1v) is 6.03. The van der Waals surface area contributed by atoms with Crippen LogP contribution in [0.25, 0.3) is 0 Å². The highest BCUT2D eigenvalue weighted by atomic mass is 32.1. The number of carbonyl (C=O) groups excluding carboxylic acids is 1. The molecular formula is C11H20N2O2S. The molecule has 0 aliphatic carbocycles. The monoisotopic (exact) mass is 244 g/mol. The van der Waals surface area contributed by atoms with Crippen molar-refractivity contribution in [1.29, 1.82) is 0 Å². The van der Waals surface area contributed by atoms with Crippen LogP contribution in [0.3, 0.4) is 0 Å². The average Bonchev–Trinajstić information content (AvgIpc) is 2.59. The minimum atomic E-state index is -0.0354. The molecule has 0 aromatic heterocycles. The lowest BCUT2D eigenvalue weighted by Gasteiger charge is -2.28. The Bertz CT molecular complexity index is 281. The molecule has 1 amide bonds. The molecule has 4 nitrogen and oxygen atoms in total. The van der Waals surface area contributed by atoms with E-state index in [1.165, 1.54) is 0 Å². The first kappa shape index (κ1) is 13.4. The summed E-state index contributed by atoms with van der Waals surface area (Å²) in [4.78, 5) is 14.3. The van der Waals surface area contributed by atoms with Crippen LogP contribution in [0.15, 0.2) is 0 Å². The molecule has 2 unspecified atom stereocenters. The third-order valence-corrected chi connectivity index (χ3v) is 2.91. The van der Waals surface area contributed by atoms with Crippen molar-refractivity contribution in [2.45, 2.75) is 39.3 Å². The van der Waals surface area contributed by atoms with Crippen molar-refractivity contribution in [2.75, 3.05) is 13.2 Å². The van der Waals surface area contributed by atoms with Gasteiger partial charge < -0.3 is 15.4 Å². The van der Waals surface area contributed by atoms with Crippen LogP contribution in [0.1, 0.15) is 27.2 Å². The van der Waals surface area contributed by atoms with E-state index in [1.54, 1.807) is 4.90 Å². The number of nitrogens with zero attached hydrogens (tertiary/aromatic N) is 1. The number of rotatable bonds is 4. The summed E-state index contributed by atoms with van der Waals surface area (Å²) in [5, 5.41) is 0. The highest BCUT2D eigenvalue weighted by Crippen LogP contribution is 2.22. The zero-order valence-corrected chi connectivity index (χ0v) is 10.9. The molecule has 1 aliphatic heterocycles.